The molecule has 2 bridgehead atoms. The fraction of sp³-hybridized carbons (Fsp3) is 0.435. The lowest BCUT2D eigenvalue weighted by Crippen LogP contribution is -2.44. The van der Waals surface area contributed by atoms with Crippen LogP contribution in [0, 0.1) is 0 Å². The van der Waals surface area contributed by atoms with Crippen LogP contribution in [0.25, 0.3) is 0 Å². The molecule has 0 amide bonds. The van der Waals surface area contributed by atoms with Gasteiger partial charge >= 0.3 is 5.97 Å². The van der Waals surface area contributed by atoms with Gasteiger partial charge in [0.15, 0.2) is 0 Å². The molecule has 1 unspecified atom stereocenters. The van der Waals surface area contributed by atoms with E-state index in [4.69, 9.17) is 9.47 Å². The number of carbonyl (C=O) groups is 1. The summed E-state index contributed by atoms with van der Waals surface area (Å²) >= 11 is 0. The van der Waals surface area contributed by atoms with Gasteiger partial charge in [-0.15, -0.1) is 17.0 Å². The van der Waals surface area contributed by atoms with E-state index in [0.29, 0.717) is 12.1 Å². The van der Waals surface area contributed by atoms with E-state index < -0.39 is 5.92 Å². The third-order valence-corrected chi connectivity index (χ3v) is 5.98. The minimum Gasteiger partial charge on any atom is -0.492 e. The molecule has 0 N–H and O–H groups in total. The lowest BCUT2D eigenvalue weighted by atomic mass is 9.98. The molecule has 4 nitrogen and oxygen atoms in total. The lowest BCUT2D eigenvalue weighted by molar-refractivity contribution is -0.155. The fourth-order valence-corrected chi connectivity index (χ4v) is 4.39. The first-order chi connectivity index (χ1) is 13.2. The number of rotatable bonds is 6. The van der Waals surface area contributed by atoms with Gasteiger partial charge in [0.25, 0.3) is 0 Å². The van der Waals surface area contributed by atoms with Crippen LogP contribution < -0.4 is 4.74 Å². The molecule has 2 aromatic rings. The number of halogens is 1. The summed E-state index contributed by atoms with van der Waals surface area (Å²) in [7, 11) is 2.20. The Bertz CT molecular complexity index is 741. The van der Waals surface area contributed by atoms with Crippen molar-refractivity contribution >= 4 is 23.0 Å². The normalized spacial score (nSPS) is 24.8. The van der Waals surface area contributed by atoms with E-state index in [1.165, 1.54) is 12.8 Å². The summed E-state index contributed by atoms with van der Waals surface area (Å²) in [5.41, 5.74) is 0.939. The lowest BCUT2D eigenvalue weighted by Gasteiger charge is -2.36. The summed E-state index contributed by atoms with van der Waals surface area (Å²) < 4.78 is 11.9. The highest BCUT2D eigenvalue weighted by molar-refractivity contribution is 8.93. The molecule has 2 aliphatic rings. The quantitative estimate of drug-likeness (QED) is 0.609. The Hall–Kier alpha value is -1.85. The van der Waals surface area contributed by atoms with Gasteiger partial charge in [0.2, 0.25) is 0 Å². The van der Waals surface area contributed by atoms with Gasteiger partial charge in [0.05, 0.1) is 0 Å². The standard InChI is InChI=1S/C23H27NO3.BrH/c1-24-18-12-13-19(24)15-21(14-18)27-23(25)22(17-8-4-2-5-9-17)16-26-20-10-6-3-7-11-20;/h2-11,18-19,21-22H,12-16H2,1H3;1H/t18-,19+,21+,22?;. The van der Waals surface area contributed by atoms with Crippen LogP contribution in [0.4, 0.5) is 0 Å². The third-order valence-electron chi connectivity index (χ3n) is 5.98. The van der Waals surface area contributed by atoms with E-state index >= 15 is 0 Å². The van der Waals surface area contributed by atoms with Crippen LogP contribution in [-0.2, 0) is 9.53 Å². The Labute approximate surface area is 177 Å². The molecule has 2 aromatic carbocycles. The number of ether oxygens (including phenoxy) is 2. The van der Waals surface area contributed by atoms with Crippen molar-refractivity contribution in [1.29, 1.82) is 0 Å². The minimum absolute atomic E-state index is 0. The van der Waals surface area contributed by atoms with Crippen LogP contribution in [0.15, 0.2) is 60.7 Å². The summed E-state index contributed by atoms with van der Waals surface area (Å²) in [6.45, 7) is 0.284. The Morgan fingerprint density at radius 1 is 1.00 bits per heavy atom. The monoisotopic (exact) mass is 445 g/mol. The number of piperidine rings is 1. The number of nitrogens with zero attached hydrogens (tertiary/aromatic N) is 1. The largest absolute Gasteiger partial charge is 0.492 e. The zero-order valence-corrected chi connectivity index (χ0v) is 17.9. The third kappa shape index (κ3) is 4.76. The molecular weight excluding hydrogens is 418 g/mol. The topological polar surface area (TPSA) is 38.8 Å². The van der Waals surface area contributed by atoms with Gasteiger partial charge in [-0.25, -0.2) is 0 Å². The number of benzene rings is 2. The predicted molar refractivity (Wildman–Crippen MR) is 115 cm³/mol. The van der Waals surface area contributed by atoms with Crippen molar-refractivity contribution < 1.29 is 14.3 Å². The van der Waals surface area contributed by atoms with E-state index in [2.05, 4.69) is 11.9 Å². The number of carbonyl (C=O) groups excluding carboxylic acids is 1. The first-order valence-corrected chi connectivity index (χ1v) is 9.86. The molecule has 2 heterocycles. The van der Waals surface area contributed by atoms with Gasteiger partial charge in [-0.1, -0.05) is 48.5 Å². The molecule has 0 radical (unpaired) electrons. The summed E-state index contributed by atoms with van der Waals surface area (Å²) in [4.78, 5) is 15.5. The Morgan fingerprint density at radius 3 is 2.18 bits per heavy atom. The van der Waals surface area contributed by atoms with Crippen LogP contribution in [-0.4, -0.2) is 42.7 Å². The maximum Gasteiger partial charge on any atom is 0.317 e. The van der Waals surface area contributed by atoms with Gasteiger partial charge in [0, 0.05) is 12.1 Å². The smallest absolute Gasteiger partial charge is 0.317 e. The SMILES string of the molecule is Br.CN1[C@@H]2CC[C@H]1C[C@@H](OC(=O)C(COc1ccccc1)c1ccccc1)C2. The first-order valence-electron chi connectivity index (χ1n) is 9.86. The van der Waals surface area contributed by atoms with Gasteiger partial charge < -0.3 is 14.4 Å². The molecule has 0 spiro atoms. The molecule has 4 atom stereocenters. The van der Waals surface area contributed by atoms with Crippen LogP contribution in [0.1, 0.15) is 37.2 Å². The maximum atomic E-state index is 13.0. The summed E-state index contributed by atoms with van der Waals surface area (Å²) in [6, 6.07) is 20.5. The number of fused-ring (bicyclic) bond motifs is 2. The van der Waals surface area contributed by atoms with Crippen LogP contribution in [0.5, 0.6) is 5.75 Å². The molecule has 4 rings (SSSR count). The average Bonchev–Trinajstić information content (AvgIpc) is 2.91. The highest BCUT2D eigenvalue weighted by Gasteiger charge is 2.40. The van der Waals surface area contributed by atoms with E-state index in [-0.39, 0.29) is 35.7 Å². The van der Waals surface area contributed by atoms with Crippen molar-refractivity contribution in [2.24, 2.45) is 0 Å². The van der Waals surface area contributed by atoms with E-state index in [0.717, 1.165) is 24.2 Å². The van der Waals surface area contributed by atoms with Crippen LogP contribution in [0.2, 0.25) is 0 Å². The zero-order valence-electron chi connectivity index (χ0n) is 16.2. The van der Waals surface area contributed by atoms with Crippen molar-refractivity contribution in [3.63, 3.8) is 0 Å². The Kier molecular flexibility index (Phi) is 7.13. The number of hydrogen-bond acceptors (Lipinski definition) is 4. The second-order valence-electron chi connectivity index (χ2n) is 7.67. The van der Waals surface area contributed by atoms with Gasteiger partial charge in [-0.2, -0.15) is 0 Å². The number of esters is 1. The van der Waals surface area contributed by atoms with Crippen molar-refractivity contribution in [2.45, 2.75) is 49.8 Å². The summed E-state index contributed by atoms with van der Waals surface area (Å²) in [5.74, 6) is 0.179. The number of hydrogen-bond donors (Lipinski definition) is 0. The average molecular weight is 446 g/mol. The fourth-order valence-electron chi connectivity index (χ4n) is 4.39. The summed E-state index contributed by atoms with van der Waals surface area (Å²) in [6.07, 6.45) is 4.34. The molecule has 0 aromatic heterocycles. The van der Waals surface area contributed by atoms with Gasteiger partial charge in [-0.05, 0) is 50.4 Å². The molecule has 150 valence electrons. The van der Waals surface area contributed by atoms with Crippen LogP contribution in [0.3, 0.4) is 0 Å². The van der Waals surface area contributed by atoms with Crippen molar-refractivity contribution in [3.05, 3.63) is 66.2 Å². The molecular formula is C23H28BrNO3. The van der Waals surface area contributed by atoms with Crippen molar-refractivity contribution in [2.75, 3.05) is 13.7 Å². The molecule has 5 heteroatoms. The predicted octanol–water partition coefficient (Wildman–Crippen LogP) is 4.60. The molecule has 2 aliphatic heterocycles. The van der Waals surface area contributed by atoms with Crippen LogP contribution >= 0.6 is 17.0 Å². The highest BCUT2D eigenvalue weighted by atomic mass is 79.9. The molecule has 28 heavy (non-hydrogen) atoms. The second kappa shape index (κ2) is 9.57. The summed E-state index contributed by atoms with van der Waals surface area (Å²) in [5, 5.41) is 0. The van der Waals surface area contributed by atoms with E-state index in [9.17, 15) is 4.79 Å². The Balaban J connectivity index is 0.00000225. The molecule has 0 saturated carbocycles. The highest BCUT2D eigenvalue weighted by Crippen LogP contribution is 2.36. The Morgan fingerprint density at radius 2 is 1.57 bits per heavy atom. The van der Waals surface area contributed by atoms with E-state index in [1.807, 2.05) is 60.7 Å². The zero-order chi connectivity index (χ0) is 18.6. The van der Waals surface area contributed by atoms with Gasteiger partial charge in [-0.3, -0.25) is 4.79 Å². The van der Waals surface area contributed by atoms with Gasteiger partial charge in [0.1, 0.15) is 24.4 Å². The van der Waals surface area contributed by atoms with E-state index in [1.54, 1.807) is 0 Å². The molecule has 2 saturated heterocycles. The first kappa shape index (κ1) is 20.9. The molecule has 0 aliphatic carbocycles. The maximum absolute atomic E-state index is 13.0. The number of para-hydroxylation sites is 1. The van der Waals surface area contributed by atoms with Crippen molar-refractivity contribution in [1.82, 2.24) is 4.90 Å². The second-order valence-corrected chi connectivity index (χ2v) is 7.67. The molecule has 2 fully saturated rings. The van der Waals surface area contributed by atoms with Crippen molar-refractivity contribution in [3.8, 4) is 5.75 Å². The minimum atomic E-state index is -0.413.